The molecule has 1 saturated heterocycles. The molecule has 6 rings (SSSR count). The number of hydrogen-bond acceptors (Lipinski definition) is 9. The smallest absolute Gasteiger partial charge is 0.339 e. The van der Waals surface area contributed by atoms with Crippen molar-refractivity contribution in [2.75, 3.05) is 31.4 Å². The molecule has 51 heavy (non-hydrogen) atoms. The highest BCUT2D eigenvalue weighted by Crippen LogP contribution is 2.42. The van der Waals surface area contributed by atoms with Crippen LogP contribution in [0.1, 0.15) is 34.3 Å². The number of ether oxygens (including phenoxy) is 2. The van der Waals surface area contributed by atoms with Crippen molar-refractivity contribution in [2.45, 2.75) is 32.0 Å². The molecule has 1 amide bonds. The van der Waals surface area contributed by atoms with Gasteiger partial charge in [0.1, 0.15) is 0 Å². The van der Waals surface area contributed by atoms with Crippen LogP contribution < -0.4 is 26.0 Å². The molecular formula is C38H35Cl2FN6O4. The van der Waals surface area contributed by atoms with Crippen molar-refractivity contribution in [1.82, 2.24) is 20.6 Å². The van der Waals surface area contributed by atoms with Gasteiger partial charge in [-0.25, -0.2) is 19.2 Å². The first kappa shape index (κ1) is 35.6. The molecule has 1 fully saturated rings. The van der Waals surface area contributed by atoms with E-state index >= 15 is 4.39 Å². The number of para-hydroxylation sites is 1. The van der Waals surface area contributed by atoms with Gasteiger partial charge < -0.3 is 30.7 Å². The fraction of sp³-hybridized carbons (Fsp3) is 0.211. The number of amides is 1. The van der Waals surface area contributed by atoms with Gasteiger partial charge in [0.25, 0.3) is 0 Å². The Morgan fingerprint density at radius 2 is 1.65 bits per heavy atom. The fourth-order valence-electron chi connectivity index (χ4n) is 5.87. The number of carbonyl (C=O) groups excluding carboxylic acids is 2. The Hall–Kier alpha value is -5.23. The van der Waals surface area contributed by atoms with E-state index < -0.39 is 11.8 Å². The topological polar surface area (TPSA) is 126 Å². The van der Waals surface area contributed by atoms with Gasteiger partial charge >= 0.3 is 5.97 Å². The van der Waals surface area contributed by atoms with Crippen molar-refractivity contribution < 1.29 is 23.5 Å². The average molecular weight is 730 g/mol. The van der Waals surface area contributed by atoms with E-state index in [9.17, 15) is 9.59 Å². The minimum absolute atomic E-state index is 0.0201. The molecule has 0 spiro atoms. The minimum Gasteiger partial charge on any atom is -0.481 e. The van der Waals surface area contributed by atoms with Gasteiger partial charge in [-0.2, -0.15) is 0 Å². The van der Waals surface area contributed by atoms with E-state index in [1.165, 1.54) is 13.3 Å². The van der Waals surface area contributed by atoms with Crippen molar-refractivity contribution in [1.29, 1.82) is 0 Å². The van der Waals surface area contributed by atoms with Crippen molar-refractivity contribution in [2.24, 2.45) is 0 Å². The molecule has 0 radical (unpaired) electrons. The number of pyridine rings is 2. The van der Waals surface area contributed by atoms with Crippen molar-refractivity contribution >= 4 is 52.3 Å². The molecule has 2 aromatic heterocycles. The van der Waals surface area contributed by atoms with Gasteiger partial charge in [-0.3, -0.25) is 4.79 Å². The van der Waals surface area contributed by atoms with Crippen LogP contribution in [0.2, 0.25) is 10.0 Å². The van der Waals surface area contributed by atoms with Crippen LogP contribution in [0.5, 0.6) is 5.88 Å². The van der Waals surface area contributed by atoms with Crippen LogP contribution in [0.25, 0.3) is 22.4 Å². The summed E-state index contributed by atoms with van der Waals surface area (Å²) < 4.78 is 26.2. The number of rotatable bonds is 13. The number of hydrogen-bond donors (Lipinski definition) is 4. The number of nitrogens with zero attached hydrogens (tertiary/aromatic N) is 2. The van der Waals surface area contributed by atoms with Gasteiger partial charge in [0.05, 0.1) is 41.2 Å². The van der Waals surface area contributed by atoms with E-state index in [-0.39, 0.29) is 24.3 Å². The molecule has 0 saturated carbocycles. The van der Waals surface area contributed by atoms with Crippen LogP contribution in [0, 0.1) is 5.82 Å². The molecule has 13 heteroatoms. The van der Waals surface area contributed by atoms with Gasteiger partial charge in [0.2, 0.25) is 11.8 Å². The van der Waals surface area contributed by atoms with E-state index in [0.29, 0.717) is 80.3 Å². The SMILES string of the molecule is COC(=O)c1ccccc1NCc1ccnc(Nc2cccc(-c3cccc(-c4ccc(CNC[C@@H]5CCC(=O)N5)c(OC)n4)c3Cl)c2Cl)c1F. The molecule has 10 nitrogen and oxygen atoms in total. The second-order valence-corrected chi connectivity index (χ2v) is 12.5. The molecule has 1 atom stereocenters. The summed E-state index contributed by atoms with van der Waals surface area (Å²) in [5.74, 6) is -0.558. The van der Waals surface area contributed by atoms with Crippen LogP contribution >= 0.6 is 23.2 Å². The Bertz CT molecular complexity index is 2080. The second kappa shape index (κ2) is 16.2. The van der Waals surface area contributed by atoms with Crippen LogP contribution in [-0.2, 0) is 22.6 Å². The summed E-state index contributed by atoms with van der Waals surface area (Å²) in [5.41, 5.74) is 5.04. The first-order valence-corrected chi connectivity index (χ1v) is 17.0. The monoisotopic (exact) mass is 728 g/mol. The summed E-state index contributed by atoms with van der Waals surface area (Å²) >= 11 is 14.0. The van der Waals surface area contributed by atoms with Gasteiger partial charge in [-0.15, -0.1) is 0 Å². The molecule has 0 bridgehead atoms. The van der Waals surface area contributed by atoms with Crippen molar-refractivity contribution in [3.05, 3.63) is 118 Å². The minimum atomic E-state index is -0.578. The molecule has 262 valence electrons. The molecule has 3 heterocycles. The second-order valence-electron chi connectivity index (χ2n) is 11.8. The maximum absolute atomic E-state index is 15.7. The summed E-state index contributed by atoms with van der Waals surface area (Å²) in [6.45, 7) is 1.26. The number of halogens is 3. The summed E-state index contributed by atoms with van der Waals surface area (Å²) in [4.78, 5) is 32.6. The van der Waals surface area contributed by atoms with E-state index in [4.69, 9.17) is 37.7 Å². The Morgan fingerprint density at radius 3 is 2.41 bits per heavy atom. The molecule has 3 aromatic carbocycles. The number of carbonyl (C=O) groups is 2. The average Bonchev–Trinajstić information content (AvgIpc) is 3.57. The normalized spacial score (nSPS) is 13.8. The highest BCUT2D eigenvalue weighted by molar-refractivity contribution is 6.39. The van der Waals surface area contributed by atoms with E-state index in [0.717, 1.165) is 12.0 Å². The number of benzene rings is 3. The van der Waals surface area contributed by atoms with Crippen molar-refractivity contribution in [3.63, 3.8) is 0 Å². The molecular weight excluding hydrogens is 694 g/mol. The van der Waals surface area contributed by atoms with E-state index in [2.05, 4.69) is 26.3 Å². The Kier molecular flexibility index (Phi) is 11.3. The van der Waals surface area contributed by atoms with E-state index in [1.807, 2.05) is 36.4 Å². The molecule has 1 aliphatic heterocycles. The summed E-state index contributed by atoms with van der Waals surface area (Å²) in [6.07, 6.45) is 2.86. The van der Waals surface area contributed by atoms with Crippen molar-refractivity contribution in [3.8, 4) is 28.3 Å². The standard InChI is InChI=1S/C38H35Cl2FN6O4/c1-50-37-23(19-42-21-24-14-16-32(48)45-24)13-15-30(47-37)27-10-5-8-25(33(27)39)26-9-6-12-31(34(26)40)46-36-35(41)22(17-18-43-36)20-44-29-11-4-3-7-28(29)38(49)51-2/h3-13,15,17-18,24,42,44H,14,16,19-21H2,1-2H3,(H,43,46)(H,45,48)/t24-/m0/s1. The van der Waals surface area contributed by atoms with Gasteiger partial charge in [0.15, 0.2) is 11.6 Å². The molecule has 0 aliphatic carbocycles. The van der Waals surface area contributed by atoms with Gasteiger partial charge in [0, 0.05) is 71.8 Å². The van der Waals surface area contributed by atoms with Crippen LogP contribution in [-0.4, -0.2) is 48.7 Å². The van der Waals surface area contributed by atoms with Gasteiger partial charge in [-0.1, -0.05) is 71.7 Å². The Balaban J connectivity index is 1.20. The molecule has 5 aromatic rings. The third-order valence-electron chi connectivity index (χ3n) is 8.51. The lowest BCUT2D eigenvalue weighted by atomic mass is 10.00. The van der Waals surface area contributed by atoms with Crippen LogP contribution in [0.3, 0.4) is 0 Å². The highest BCUT2D eigenvalue weighted by atomic mass is 35.5. The maximum atomic E-state index is 15.7. The largest absolute Gasteiger partial charge is 0.481 e. The first-order valence-electron chi connectivity index (χ1n) is 16.2. The van der Waals surface area contributed by atoms with E-state index in [1.54, 1.807) is 49.6 Å². The molecule has 0 unspecified atom stereocenters. The zero-order valence-corrected chi connectivity index (χ0v) is 29.4. The predicted molar refractivity (Wildman–Crippen MR) is 197 cm³/mol. The predicted octanol–water partition coefficient (Wildman–Crippen LogP) is 7.78. The highest BCUT2D eigenvalue weighted by Gasteiger charge is 2.21. The third-order valence-corrected chi connectivity index (χ3v) is 9.33. The Morgan fingerprint density at radius 1 is 0.902 bits per heavy atom. The first-order chi connectivity index (χ1) is 24.8. The number of nitrogens with one attached hydrogen (secondary N) is 4. The Labute approximate surface area is 304 Å². The molecule has 1 aliphatic rings. The van der Waals surface area contributed by atoms with Crippen LogP contribution in [0.15, 0.2) is 85.1 Å². The maximum Gasteiger partial charge on any atom is 0.339 e. The summed E-state index contributed by atoms with van der Waals surface area (Å²) in [7, 11) is 2.87. The lowest BCUT2D eigenvalue weighted by Gasteiger charge is -2.16. The fourth-order valence-corrected chi connectivity index (χ4v) is 6.47. The molecule has 4 N–H and O–H groups in total. The number of anilines is 3. The number of esters is 1. The third kappa shape index (κ3) is 8.06. The zero-order valence-electron chi connectivity index (χ0n) is 27.9. The lowest BCUT2D eigenvalue weighted by Crippen LogP contribution is -2.35. The lowest BCUT2D eigenvalue weighted by molar-refractivity contribution is -0.119. The summed E-state index contributed by atoms with van der Waals surface area (Å²) in [5, 5.41) is 13.2. The number of methoxy groups -OCH3 is 2. The van der Waals surface area contributed by atoms with Gasteiger partial charge in [-0.05, 0) is 36.8 Å². The van der Waals surface area contributed by atoms with Crippen LogP contribution in [0.4, 0.5) is 21.6 Å². The zero-order chi connectivity index (χ0) is 35.9. The summed E-state index contributed by atoms with van der Waals surface area (Å²) in [6, 6.07) is 23.3. The number of aromatic nitrogens is 2. The quantitative estimate of drug-likeness (QED) is 0.0900.